The van der Waals surface area contributed by atoms with E-state index in [0.717, 1.165) is 24.1 Å². The summed E-state index contributed by atoms with van der Waals surface area (Å²) < 4.78 is 0. The van der Waals surface area contributed by atoms with E-state index in [-0.39, 0.29) is 18.0 Å². The molecule has 4 nitrogen and oxygen atoms in total. The minimum absolute atomic E-state index is 0.0175. The second-order valence-electron chi connectivity index (χ2n) is 5.19. The van der Waals surface area contributed by atoms with E-state index in [4.69, 9.17) is 18.0 Å². The Balaban J connectivity index is 2.90. The highest BCUT2D eigenvalue weighted by Gasteiger charge is 2.22. The maximum atomic E-state index is 12.4. The van der Waals surface area contributed by atoms with E-state index in [1.807, 2.05) is 43.1 Å². The molecule has 3 N–H and O–H groups in total. The molecular weight excluding hydrogens is 282 g/mol. The lowest BCUT2D eigenvalue weighted by Crippen LogP contribution is -2.47. The quantitative estimate of drug-likeness (QED) is 0.760. The van der Waals surface area contributed by atoms with E-state index in [0.29, 0.717) is 4.99 Å². The molecule has 21 heavy (non-hydrogen) atoms. The van der Waals surface area contributed by atoms with Gasteiger partial charge in [-0.25, -0.2) is 0 Å². The number of likely N-dealkylation sites (N-methyl/N-ethyl adjacent to an activating group) is 1. The minimum Gasteiger partial charge on any atom is -0.389 e. The van der Waals surface area contributed by atoms with Gasteiger partial charge in [0.1, 0.15) is 11.0 Å². The van der Waals surface area contributed by atoms with Crippen LogP contribution in [0.25, 0.3) is 0 Å². The summed E-state index contributed by atoms with van der Waals surface area (Å²) in [7, 11) is 1.88. The van der Waals surface area contributed by atoms with Crippen molar-refractivity contribution in [2.75, 3.05) is 11.9 Å². The number of carbonyl (C=O) groups excluding carboxylic acids is 1. The van der Waals surface area contributed by atoms with Crippen LogP contribution >= 0.6 is 12.2 Å². The van der Waals surface area contributed by atoms with Gasteiger partial charge >= 0.3 is 0 Å². The highest BCUT2D eigenvalue weighted by Crippen LogP contribution is 2.21. The largest absolute Gasteiger partial charge is 0.389 e. The van der Waals surface area contributed by atoms with Crippen LogP contribution in [0.2, 0.25) is 0 Å². The van der Waals surface area contributed by atoms with Crippen LogP contribution in [0.15, 0.2) is 24.3 Å². The molecule has 1 atom stereocenters. The number of hydrogen-bond acceptors (Lipinski definition) is 3. The molecule has 1 unspecified atom stereocenters. The Morgan fingerprint density at radius 3 is 2.43 bits per heavy atom. The molecule has 116 valence electrons. The van der Waals surface area contributed by atoms with E-state index in [1.54, 1.807) is 0 Å². The molecule has 0 fully saturated rings. The first kappa shape index (κ1) is 17.4. The maximum absolute atomic E-state index is 12.4. The number of benzene rings is 1. The third-order valence-electron chi connectivity index (χ3n) is 3.84. The summed E-state index contributed by atoms with van der Waals surface area (Å²) in [6, 6.07) is 7.54. The molecule has 5 heteroatoms. The van der Waals surface area contributed by atoms with Gasteiger partial charge in [0.05, 0.1) is 0 Å². The number of nitrogens with two attached hydrogens (primary N) is 1. The third-order valence-corrected chi connectivity index (χ3v) is 4.06. The average Bonchev–Trinajstić information content (AvgIpc) is 2.50. The topological polar surface area (TPSA) is 58.4 Å². The lowest BCUT2D eigenvalue weighted by molar-refractivity contribution is -0.122. The number of amides is 1. The van der Waals surface area contributed by atoms with Gasteiger partial charge in [0.2, 0.25) is 5.91 Å². The van der Waals surface area contributed by atoms with Crippen LogP contribution in [-0.4, -0.2) is 30.0 Å². The number of anilines is 1. The van der Waals surface area contributed by atoms with E-state index >= 15 is 0 Å². The fourth-order valence-corrected chi connectivity index (χ4v) is 2.36. The first-order valence-corrected chi connectivity index (χ1v) is 7.75. The zero-order valence-corrected chi connectivity index (χ0v) is 14.0. The average molecular weight is 307 g/mol. The fourth-order valence-electron chi connectivity index (χ4n) is 2.19. The molecule has 0 saturated carbocycles. The molecule has 0 radical (unpaired) electrons. The van der Waals surface area contributed by atoms with Gasteiger partial charge in [0, 0.05) is 24.3 Å². The Hall–Kier alpha value is -1.62. The molecule has 0 bridgehead atoms. The van der Waals surface area contributed by atoms with Gasteiger partial charge in [-0.05, 0) is 31.9 Å². The summed E-state index contributed by atoms with van der Waals surface area (Å²) in [6.07, 6.45) is 1.87. The Kier molecular flexibility index (Phi) is 6.62. The Morgan fingerprint density at radius 2 is 1.90 bits per heavy atom. The standard InChI is InChI=1S/C16H25N3OS/c1-5-12(6-2)18-16(20)11(3)19(4)14-10-8-7-9-13(14)15(17)21/h7-12H,5-6H2,1-4H3,(H2,17,21)(H,18,20). The van der Waals surface area contributed by atoms with Crippen molar-refractivity contribution in [3.8, 4) is 0 Å². The number of nitrogens with one attached hydrogen (secondary N) is 1. The monoisotopic (exact) mass is 307 g/mol. The highest BCUT2D eigenvalue weighted by molar-refractivity contribution is 7.80. The number of rotatable bonds is 7. The van der Waals surface area contributed by atoms with Crippen molar-refractivity contribution in [3.05, 3.63) is 29.8 Å². The van der Waals surface area contributed by atoms with Crippen molar-refractivity contribution < 1.29 is 4.79 Å². The van der Waals surface area contributed by atoms with E-state index in [9.17, 15) is 4.79 Å². The van der Waals surface area contributed by atoms with Gasteiger partial charge < -0.3 is 16.0 Å². The molecule has 1 aromatic carbocycles. The molecule has 1 aromatic rings. The second-order valence-corrected chi connectivity index (χ2v) is 5.63. The van der Waals surface area contributed by atoms with Crippen molar-refractivity contribution in [3.63, 3.8) is 0 Å². The van der Waals surface area contributed by atoms with Gasteiger partial charge in [-0.2, -0.15) is 0 Å². The predicted molar refractivity (Wildman–Crippen MR) is 92.7 cm³/mol. The molecule has 0 aliphatic carbocycles. The van der Waals surface area contributed by atoms with E-state index in [1.165, 1.54) is 0 Å². The third kappa shape index (κ3) is 4.43. The maximum Gasteiger partial charge on any atom is 0.242 e. The van der Waals surface area contributed by atoms with Gasteiger partial charge in [-0.3, -0.25) is 4.79 Å². The van der Waals surface area contributed by atoms with Gasteiger partial charge in [0.25, 0.3) is 0 Å². The number of para-hydroxylation sites is 1. The number of nitrogens with zero attached hydrogens (tertiary/aromatic N) is 1. The van der Waals surface area contributed by atoms with Crippen LogP contribution in [0, 0.1) is 0 Å². The highest BCUT2D eigenvalue weighted by atomic mass is 32.1. The summed E-state index contributed by atoms with van der Waals surface area (Å²) in [5.74, 6) is 0.0175. The molecule has 0 heterocycles. The van der Waals surface area contributed by atoms with Crippen molar-refractivity contribution in [2.45, 2.75) is 45.7 Å². The number of carbonyl (C=O) groups is 1. The molecule has 0 spiro atoms. The van der Waals surface area contributed by atoms with Crippen LogP contribution in [0.5, 0.6) is 0 Å². The Morgan fingerprint density at radius 1 is 1.33 bits per heavy atom. The van der Waals surface area contributed by atoms with Crippen LogP contribution in [0.4, 0.5) is 5.69 Å². The van der Waals surface area contributed by atoms with Crippen LogP contribution in [0.3, 0.4) is 0 Å². The Bertz CT molecular complexity index is 500. The predicted octanol–water partition coefficient (Wildman–Crippen LogP) is 2.45. The summed E-state index contributed by atoms with van der Waals surface area (Å²) in [6.45, 7) is 6.03. The summed E-state index contributed by atoms with van der Waals surface area (Å²) >= 11 is 5.08. The first-order valence-electron chi connectivity index (χ1n) is 7.34. The second kappa shape index (κ2) is 7.98. The molecule has 0 aromatic heterocycles. The van der Waals surface area contributed by atoms with Crippen molar-refractivity contribution in [1.82, 2.24) is 5.32 Å². The van der Waals surface area contributed by atoms with Crippen molar-refractivity contribution >= 4 is 28.8 Å². The molecule has 1 rings (SSSR count). The normalized spacial score (nSPS) is 12.0. The molecular formula is C16H25N3OS. The van der Waals surface area contributed by atoms with Gasteiger partial charge in [-0.1, -0.05) is 38.2 Å². The van der Waals surface area contributed by atoms with Gasteiger partial charge in [0.15, 0.2) is 0 Å². The summed E-state index contributed by atoms with van der Waals surface area (Å²) in [4.78, 5) is 14.6. The summed E-state index contributed by atoms with van der Waals surface area (Å²) in [5, 5.41) is 3.07. The summed E-state index contributed by atoms with van der Waals surface area (Å²) in [5.41, 5.74) is 7.42. The smallest absolute Gasteiger partial charge is 0.242 e. The van der Waals surface area contributed by atoms with E-state index < -0.39 is 0 Å². The van der Waals surface area contributed by atoms with Crippen molar-refractivity contribution in [2.24, 2.45) is 5.73 Å². The van der Waals surface area contributed by atoms with Crippen LogP contribution in [0.1, 0.15) is 39.2 Å². The zero-order chi connectivity index (χ0) is 16.0. The fraction of sp³-hybridized carbons (Fsp3) is 0.500. The minimum atomic E-state index is -0.291. The van der Waals surface area contributed by atoms with Gasteiger partial charge in [-0.15, -0.1) is 0 Å². The van der Waals surface area contributed by atoms with Crippen LogP contribution < -0.4 is 16.0 Å². The lowest BCUT2D eigenvalue weighted by Gasteiger charge is -2.29. The molecule has 0 aliphatic heterocycles. The number of thiocarbonyl (C=S) groups is 1. The number of hydrogen-bond donors (Lipinski definition) is 2. The van der Waals surface area contributed by atoms with E-state index in [2.05, 4.69) is 19.2 Å². The molecule has 0 aliphatic rings. The zero-order valence-electron chi connectivity index (χ0n) is 13.2. The molecule has 0 saturated heterocycles. The Labute approximate surface area is 132 Å². The molecule has 1 amide bonds. The first-order chi connectivity index (χ1) is 9.92. The van der Waals surface area contributed by atoms with Crippen LogP contribution in [-0.2, 0) is 4.79 Å². The van der Waals surface area contributed by atoms with Crippen molar-refractivity contribution in [1.29, 1.82) is 0 Å². The lowest BCUT2D eigenvalue weighted by atomic mass is 10.1. The SMILES string of the molecule is CCC(CC)NC(=O)C(C)N(C)c1ccccc1C(N)=S.